The summed E-state index contributed by atoms with van der Waals surface area (Å²) >= 11 is 0. The van der Waals surface area contributed by atoms with Crippen molar-refractivity contribution < 1.29 is 4.74 Å². The second kappa shape index (κ2) is 11.2. The molecule has 1 unspecified atom stereocenters. The molecule has 0 aromatic carbocycles. The molecule has 0 radical (unpaired) electrons. The standard InChI is InChI=1S/C9H16O.C7H15N.C2H6.C2H4/c1-7(2)8-3-9(4-8)5-10-6-9;1-3-8-5-4-7(2)6-8;2*1-2/h7-8H,3-6H2,1-2H3;7H,3-6H2,1-2H3;1-2H3;1-2H2. The lowest BCUT2D eigenvalue weighted by Crippen LogP contribution is -2.53. The summed E-state index contributed by atoms with van der Waals surface area (Å²) < 4.78 is 5.21. The van der Waals surface area contributed by atoms with Gasteiger partial charge in [-0.05, 0) is 50.1 Å². The minimum Gasteiger partial charge on any atom is -0.380 e. The van der Waals surface area contributed by atoms with Crippen LogP contribution in [0.2, 0.25) is 0 Å². The maximum Gasteiger partial charge on any atom is 0.0545 e. The van der Waals surface area contributed by atoms with Gasteiger partial charge in [0.25, 0.3) is 0 Å². The normalized spacial score (nSPS) is 25.7. The lowest BCUT2D eigenvalue weighted by atomic mass is 9.58. The zero-order valence-corrected chi connectivity index (χ0v) is 16.2. The van der Waals surface area contributed by atoms with Gasteiger partial charge in [0, 0.05) is 12.0 Å². The molecule has 132 valence electrons. The molecule has 2 saturated heterocycles. The van der Waals surface area contributed by atoms with E-state index in [0.717, 1.165) is 31.0 Å². The van der Waals surface area contributed by atoms with Gasteiger partial charge in [0.05, 0.1) is 13.2 Å². The molecule has 0 amide bonds. The monoisotopic (exact) mass is 311 g/mol. The molecule has 1 saturated carbocycles. The van der Waals surface area contributed by atoms with E-state index in [1.165, 1.54) is 38.9 Å². The van der Waals surface area contributed by atoms with Crippen molar-refractivity contribution in [2.75, 3.05) is 32.8 Å². The third-order valence-corrected chi connectivity index (χ3v) is 5.10. The zero-order chi connectivity index (χ0) is 17.2. The van der Waals surface area contributed by atoms with E-state index in [1.807, 2.05) is 13.8 Å². The van der Waals surface area contributed by atoms with Crippen molar-refractivity contribution in [2.45, 2.75) is 60.8 Å². The van der Waals surface area contributed by atoms with Crippen molar-refractivity contribution in [1.29, 1.82) is 0 Å². The number of rotatable bonds is 2. The summed E-state index contributed by atoms with van der Waals surface area (Å²) in [5, 5.41) is 0. The fourth-order valence-electron chi connectivity index (χ4n) is 3.46. The van der Waals surface area contributed by atoms with Gasteiger partial charge in [0.1, 0.15) is 0 Å². The van der Waals surface area contributed by atoms with Crippen LogP contribution in [0.5, 0.6) is 0 Å². The third kappa shape index (κ3) is 6.42. The van der Waals surface area contributed by atoms with Crippen molar-refractivity contribution in [2.24, 2.45) is 23.2 Å². The first kappa shape index (κ1) is 21.7. The quantitative estimate of drug-likeness (QED) is 0.646. The highest BCUT2D eigenvalue weighted by Gasteiger charge is 2.50. The molecule has 1 atom stereocenters. The average molecular weight is 312 g/mol. The van der Waals surface area contributed by atoms with E-state index in [-0.39, 0.29) is 0 Å². The van der Waals surface area contributed by atoms with Crippen molar-refractivity contribution >= 4 is 0 Å². The minimum absolute atomic E-state index is 0.676. The highest BCUT2D eigenvalue weighted by atomic mass is 16.5. The average Bonchev–Trinajstić information content (AvgIpc) is 2.86. The number of hydrogen-bond acceptors (Lipinski definition) is 2. The van der Waals surface area contributed by atoms with Crippen LogP contribution in [-0.2, 0) is 4.74 Å². The first-order valence-electron chi connectivity index (χ1n) is 9.35. The van der Waals surface area contributed by atoms with Gasteiger partial charge in [-0.25, -0.2) is 0 Å². The van der Waals surface area contributed by atoms with Crippen molar-refractivity contribution in [3.8, 4) is 0 Å². The van der Waals surface area contributed by atoms with Gasteiger partial charge in [-0.15, -0.1) is 13.2 Å². The Labute approximate surface area is 140 Å². The van der Waals surface area contributed by atoms with E-state index < -0.39 is 0 Å². The van der Waals surface area contributed by atoms with E-state index in [2.05, 4.69) is 45.8 Å². The predicted octanol–water partition coefficient (Wildman–Crippen LogP) is 5.25. The van der Waals surface area contributed by atoms with Gasteiger partial charge in [-0.1, -0.05) is 41.5 Å². The molecule has 0 aromatic heterocycles. The SMILES string of the molecule is C=C.CC.CC(C)C1CC2(COC2)C1.CCN1CCC(C)C1. The smallest absolute Gasteiger partial charge is 0.0545 e. The molecule has 2 heterocycles. The van der Waals surface area contributed by atoms with Gasteiger partial charge in [-0.3, -0.25) is 0 Å². The summed E-state index contributed by atoms with van der Waals surface area (Å²) in [5.41, 5.74) is 0.676. The maximum atomic E-state index is 5.21. The Balaban J connectivity index is 0.000000333. The molecule has 1 spiro atoms. The van der Waals surface area contributed by atoms with E-state index in [9.17, 15) is 0 Å². The summed E-state index contributed by atoms with van der Waals surface area (Å²) in [6.45, 7) is 25.2. The van der Waals surface area contributed by atoms with Gasteiger partial charge in [-0.2, -0.15) is 0 Å². The van der Waals surface area contributed by atoms with E-state index in [0.29, 0.717) is 5.41 Å². The van der Waals surface area contributed by atoms with E-state index in [4.69, 9.17) is 4.74 Å². The first-order chi connectivity index (χ1) is 10.5. The summed E-state index contributed by atoms with van der Waals surface area (Å²) in [6, 6.07) is 0. The molecule has 0 bridgehead atoms. The summed E-state index contributed by atoms with van der Waals surface area (Å²) in [4.78, 5) is 2.50. The second-order valence-electron chi connectivity index (χ2n) is 7.19. The van der Waals surface area contributed by atoms with Crippen LogP contribution in [0.15, 0.2) is 13.2 Å². The van der Waals surface area contributed by atoms with Gasteiger partial charge >= 0.3 is 0 Å². The number of likely N-dealkylation sites (tertiary alicyclic amines) is 1. The predicted molar refractivity (Wildman–Crippen MR) is 99.3 cm³/mol. The summed E-state index contributed by atoms with van der Waals surface area (Å²) in [7, 11) is 0. The summed E-state index contributed by atoms with van der Waals surface area (Å²) in [6.07, 6.45) is 4.28. The van der Waals surface area contributed by atoms with Crippen LogP contribution in [0.1, 0.15) is 60.8 Å². The molecule has 2 aliphatic heterocycles. The molecule has 22 heavy (non-hydrogen) atoms. The third-order valence-electron chi connectivity index (χ3n) is 5.10. The molecular weight excluding hydrogens is 270 g/mol. The molecular formula is C20H41NO. The lowest BCUT2D eigenvalue weighted by Gasteiger charge is -2.54. The van der Waals surface area contributed by atoms with Gasteiger partial charge in [0.15, 0.2) is 0 Å². The largest absolute Gasteiger partial charge is 0.380 e. The Bertz CT molecular complexity index is 265. The van der Waals surface area contributed by atoms with Crippen molar-refractivity contribution in [3.05, 3.63) is 13.2 Å². The van der Waals surface area contributed by atoms with Crippen molar-refractivity contribution in [1.82, 2.24) is 4.90 Å². The van der Waals surface area contributed by atoms with Crippen LogP contribution in [0, 0.1) is 23.2 Å². The Kier molecular flexibility index (Phi) is 11.1. The van der Waals surface area contributed by atoms with Crippen LogP contribution < -0.4 is 0 Å². The lowest BCUT2D eigenvalue weighted by molar-refractivity contribution is -0.185. The van der Waals surface area contributed by atoms with E-state index in [1.54, 1.807) is 0 Å². The Morgan fingerprint density at radius 2 is 1.73 bits per heavy atom. The number of ether oxygens (including phenoxy) is 1. The molecule has 2 heteroatoms. The first-order valence-corrected chi connectivity index (χ1v) is 9.35. The Morgan fingerprint density at radius 3 is 1.95 bits per heavy atom. The molecule has 3 rings (SSSR count). The molecule has 3 fully saturated rings. The van der Waals surface area contributed by atoms with Crippen LogP contribution in [0.25, 0.3) is 0 Å². The topological polar surface area (TPSA) is 12.5 Å². The van der Waals surface area contributed by atoms with Gasteiger partial charge < -0.3 is 9.64 Å². The fraction of sp³-hybridized carbons (Fsp3) is 0.900. The van der Waals surface area contributed by atoms with Crippen LogP contribution in [-0.4, -0.2) is 37.7 Å². The van der Waals surface area contributed by atoms with Crippen LogP contribution >= 0.6 is 0 Å². The Hall–Kier alpha value is -0.340. The molecule has 0 N–H and O–H groups in total. The summed E-state index contributed by atoms with van der Waals surface area (Å²) in [5.74, 6) is 2.85. The van der Waals surface area contributed by atoms with Gasteiger partial charge in [0.2, 0.25) is 0 Å². The molecule has 1 aliphatic carbocycles. The molecule has 2 nitrogen and oxygen atoms in total. The zero-order valence-electron chi connectivity index (χ0n) is 16.2. The second-order valence-corrected chi connectivity index (χ2v) is 7.19. The maximum absolute atomic E-state index is 5.21. The Morgan fingerprint density at radius 1 is 1.18 bits per heavy atom. The highest BCUT2D eigenvalue weighted by Crippen LogP contribution is 2.53. The molecule has 0 aromatic rings. The van der Waals surface area contributed by atoms with Crippen LogP contribution in [0.3, 0.4) is 0 Å². The van der Waals surface area contributed by atoms with Crippen molar-refractivity contribution in [3.63, 3.8) is 0 Å². The molecule has 3 aliphatic rings. The minimum atomic E-state index is 0.676. The number of hydrogen-bond donors (Lipinski definition) is 0. The highest BCUT2D eigenvalue weighted by molar-refractivity contribution is 4.98. The van der Waals surface area contributed by atoms with Crippen LogP contribution in [0.4, 0.5) is 0 Å². The fourth-order valence-corrected chi connectivity index (χ4v) is 3.46. The van der Waals surface area contributed by atoms with E-state index >= 15 is 0 Å². The number of nitrogens with zero attached hydrogens (tertiary/aromatic N) is 1.